The predicted octanol–water partition coefficient (Wildman–Crippen LogP) is 2.28. The Bertz CT molecular complexity index is 502. The van der Waals surface area contributed by atoms with Crippen molar-refractivity contribution in [3.63, 3.8) is 0 Å². The van der Waals surface area contributed by atoms with Crippen LogP contribution in [0.4, 0.5) is 8.78 Å². The van der Waals surface area contributed by atoms with Gasteiger partial charge in [0.15, 0.2) is 18.2 Å². The molecule has 1 aliphatic heterocycles. The third-order valence-electron chi connectivity index (χ3n) is 3.67. The highest BCUT2D eigenvalue weighted by atomic mass is 19.2. The van der Waals surface area contributed by atoms with Crippen LogP contribution in [0.5, 0.6) is 5.75 Å². The zero-order valence-electron chi connectivity index (χ0n) is 12.0. The number of benzene rings is 1. The number of halogens is 2. The van der Waals surface area contributed by atoms with Gasteiger partial charge in [0.25, 0.3) is 5.91 Å². The minimum absolute atomic E-state index is 0.0376. The maximum absolute atomic E-state index is 13.0. The quantitative estimate of drug-likeness (QED) is 0.907. The highest BCUT2D eigenvalue weighted by Crippen LogP contribution is 2.28. The van der Waals surface area contributed by atoms with Crippen LogP contribution in [-0.2, 0) is 9.53 Å². The highest BCUT2D eigenvalue weighted by molar-refractivity contribution is 5.77. The second kappa shape index (κ2) is 6.85. The van der Waals surface area contributed by atoms with Crippen LogP contribution in [0, 0.1) is 17.0 Å². The van der Waals surface area contributed by atoms with Gasteiger partial charge in [-0.15, -0.1) is 0 Å². The topological polar surface area (TPSA) is 47.6 Å². The van der Waals surface area contributed by atoms with Gasteiger partial charge in [-0.1, -0.05) is 6.92 Å². The summed E-state index contributed by atoms with van der Waals surface area (Å²) >= 11 is 0. The van der Waals surface area contributed by atoms with E-state index in [0.717, 1.165) is 25.0 Å². The maximum Gasteiger partial charge on any atom is 0.257 e. The van der Waals surface area contributed by atoms with E-state index < -0.39 is 11.6 Å². The van der Waals surface area contributed by atoms with E-state index in [1.807, 2.05) is 0 Å². The molecule has 0 radical (unpaired) electrons. The Morgan fingerprint density at radius 2 is 2.05 bits per heavy atom. The fraction of sp³-hybridized carbons (Fsp3) is 0.533. The zero-order chi connectivity index (χ0) is 15.3. The van der Waals surface area contributed by atoms with Crippen LogP contribution in [0.3, 0.4) is 0 Å². The van der Waals surface area contributed by atoms with E-state index in [4.69, 9.17) is 9.47 Å². The van der Waals surface area contributed by atoms with Crippen molar-refractivity contribution in [1.29, 1.82) is 0 Å². The number of carbonyl (C=O) groups excluding carboxylic acids is 1. The van der Waals surface area contributed by atoms with E-state index in [1.165, 1.54) is 6.07 Å². The normalized spacial score (nSPS) is 17.3. The first-order valence-corrected chi connectivity index (χ1v) is 6.91. The van der Waals surface area contributed by atoms with Gasteiger partial charge in [0.2, 0.25) is 0 Å². The van der Waals surface area contributed by atoms with Crippen LogP contribution in [0.1, 0.15) is 19.8 Å². The largest absolute Gasteiger partial charge is 0.484 e. The van der Waals surface area contributed by atoms with Crippen LogP contribution < -0.4 is 10.1 Å². The Hall–Kier alpha value is -1.69. The summed E-state index contributed by atoms with van der Waals surface area (Å²) in [6.07, 6.45) is 1.80. The predicted molar refractivity (Wildman–Crippen MR) is 73.0 cm³/mol. The van der Waals surface area contributed by atoms with E-state index in [9.17, 15) is 13.6 Å². The molecule has 1 aliphatic rings. The van der Waals surface area contributed by atoms with E-state index in [0.29, 0.717) is 19.8 Å². The van der Waals surface area contributed by atoms with Crippen molar-refractivity contribution in [2.45, 2.75) is 19.8 Å². The second-order valence-corrected chi connectivity index (χ2v) is 5.56. The van der Waals surface area contributed by atoms with Crippen LogP contribution in [0.25, 0.3) is 0 Å². The molecular formula is C15H19F2NO3. The summed E-state index contributed by atoms with van der Waals surface area (Å²) in [6.45, 7) is 3.84. The lowest BCUT2D eigenvalue weighted by atomic mass is 9.82. The summed E-state index contributed by atoms with van der Waals surface area (Å²) in [5.74, 6) is -2.10. The Labute approximate surface area is 122 Å². The smallest absolute Gasteiger partial charge is 0.257 e. The van der Waals surface area contributed by atoms with E-state index in [-0.39, 0.29) is 23.7 Å². The molecule has 0 atom stereocenters. The standard InChI is InChI=1S/C15H19F2NO3/c1-15(4-6-20-7-5-15)10-18-14(19)9-21-11-2-3-12(16)13(17)8-11/h2-3,8H,4-7,9-10H2,1H3,(H,18,19). The summed E-state index contributed by atoms with van der Waals surface area (Å²) in [5, 5.41) is 2.80. The first-order valence-electron chi connectivity index (χ1n) is 6.91. The molecule has 1 N–H and O–H groups in total. The molecule has 4 nitrogen and oxygen atoms in total. The van der Waals surface area contributed by atoms with Crippen molar-refractivity contribution in [3.8, 4) is 5.75 Å². The highest BCUT2D eigenvalue weighted by Gasteiger charge is 2.27. The molecule has 1 amide bonds. The average Bonchev–Trinajstić information content (AvgIpc) is 2.47. The van der Waals surface area contributed by atoms with Gasteiger partial charge >= 0.3 is 0 Å². The molecule has 1 saturated heterocycles. The number of hydrogen-bond acceptors (Lipinski definition) is 3. The van der Waals surface area contributed by atoms with Gasteiger partial charge in [0, 0.05) is 25.8 Å². The molecule has 0 aliphatic carbocycles. The number of hydrogen-bond donors (Lipinski definition) is 1. The van der Waals surface area contributed by atoms with E-state index >= 15 is 0 Å². The molecule has 0 spiro atoms. The Morgan fingerprint density at radius 1 is 1.33 bits per heavy atom. The minimum Gasteiger partial charge on any atom is -0.484 e. The fourth-order valence-corrected chi connectivity index (χ4v) is 2.12. The molecule has 1 fully saturated rings. The molecule has 0 aromatic heterocycles. The van der Waals surface area contributed by atoms with Crippen molar-refractivity contribution >= 4 is 5.91 Å². The Balaban J connectivity index is 1.75. The van der Waals surface area contributed by atoms with Gasteiger partial charge in [-0.2, -0.15) is 0 Å². The molecule has 0 unspecified atom stereocenters. The molecule has 2 rings (SSSR count). The SMILES string of the molecule is CC1(CNC(=O)COc2ccc(F)c(F)c2)CCOCC1. The molecule has 1 heterocycles. The van der Waals surface area contributed by atoms with Crippen LogP contribution in [-0.4, -0.2) is 32.3 Å². The summed E-state index contributed by atoms with van der Waals surface area (Å²) in [5.41, 5.74) is 0.0376. The fourth-order valence-electron chi connectivity index (χ4n) is 2.12. The van der Waals surface area contributed by atoms with Crippen molar-refractivity contribution in [1.82, 2.24) is 5.32 Å². The van der Waals surface area contributed by atoms with Gasteiger partial charge in [-0.25, -0.2) is 8.78 Å². The zero-order valence-corrected chi connectivity index (χ0v) is 12.0. The second-order valence-electron chi connectivity index (χ2n) is 5.56. The maximum atomic E-state index is 13.0. The van der Waals surface area contributed by atoms with Crippen molar-refractivity contribution in [2.75, 3.05) is 26.4 Å². The first kappa shape index (κ1) is 15.7. The number of amides is 1. The lowest BCUT2D eigenvalue weighted by Gasteiger charge is -2.33. The lowest BCUT2D eigenvalue weighted by molar-refractivity contribution is -0.124. The van der Waals surface area contributed by atoms with Crippen LogP contribution in [0.2, 0.25) is 0 Å². The Kier molecular flexibility index (Phi) is 5.12. The third kappa shape index (κ3) is 4.67. The van der Waals surface area contributed by atoms with Crippen molar-refractivity contribution < 1.29 is 23.0 Å². The molecule has 0 saturated carbocycles. The van der Waals surface area contributed by atoms with E-state index in [2.05, 4.69) is 12.2 Å². The molecule has 1 aromatic rings. The summed E-state index contributed by atoms with van der Waals surface area (Å²) < 4.78 is 36.2. The summed E-state index contributed by atoms with van der Waals surface area (Å²) in [4.78, 5) is 11.7. The molecule has 21 heavy (non-hydrogen) atoms. The van der Waals surface area contributed by atoms with Crippen LogP contribution in [0.15, 0.2) is 18.2 Å². The first-order chi connectivity index (χ1) is 9.98. The van der Waals surface area contributed by atoms with Gasteiger partial charge < -0.3 is 14.8 Å². The lowest BCUT2D eigenvalue weighted by Crippen LogP contribution is -2.41. The average molecular weight is 299 g/mol. The number of nitrogens with one attached hydrogen (secondary N) is 1. The van der Waals surface area contributed by atoms with Crippen LogP contribution >= 0.6 is 0 Å². The molecule has 6 heteroatoms. The third-order valence-corrected chi connectivity index (χ3v) is 3.67. The molecule has 116 valence electrons. The van der Waals surface area contributed by atoms with Gasteiger partial charge in [0.1, 0.15) is 5.75 Å². The molecular weight excluding hydrogens is 280 g/mol. The van der Waals surface area contributed by atoms with E-state index in [1.54, 1.807) is 0 Å². The Morgan fingerprint density at radius 3 is 2.71 bits per heavy atom. The van der Waals surface area contributed by atoms with Crippen molar-refractivity contribution in [3.05, 3.63) is 29.8 Å². The van der Waals surface area contributed by atoms with Gasteiger partial charge in [0.05, 0.1) is 0 Å². The number of ether oxygens (including phenoxy) is 2. The summed E-state index contributed by atoms with van der Waals surface area (Å²) in [6, 6.07) is 3.17. The number of rotatable bonds is 5. The number of carbonyl (C=O) groups is 1. The monoisotopic (exact) mass is 299 g/mol. The molecule has 1 aromatic carbocycles. The van der Waals surface area contributed by atoms with Gasteiger partial charge in [-0.05, 0) is 30.4 Å². The minimum atomic E-state index is -0.998. The molecule has 0 bridgehead atoms. The van der Waals surface area contributed by atoms with Gasteiger partial charge in [-0.3, -0.25) is 4.79 Å². The summed E-state index contributed by atoms with van der Waals surface area (Å²) in [7, 11) is 0. The van der Waals surface area contributed by atoms with Crippen molar-refractivity contribution in [2.24, 2.45) is 5.41 Å².